The maximum atomic E-state index is 12.6. The van der Waals surface area contributed by atoms with Crippen LogP contribution in [0, 0.1) is 5.92 Å². The van der Waals surface area contributed by atoms with Gasteiger partial charge in [-0.15, -0.1) is 0 Å². The van der Waals surface area contributed by atoms with E-state index in [2.05, 4.69) is 5.32 Å². The van der Waals surface area contributed by atoms with Crippen molar-refractivity contribution in [2.45, 2.75) is 39.2 Å². The summed E-state index contributed by atoms with van der Waals surface area (Å²) in [6.07, 6.45) is 1.73. The van der Waals surface area contributed by atoms with Crippen LogP contribution in [0.15, 0.2) is 48.5 Å². The zero-order chi connectivity index (χ0) is 22.9. The van der Waals surface area contributed by atoms with E-state index in [9.17, 15) is 14.4 Å². The molecule has 0 saturated carbocycles. The third-order valence-electron chi connectivity index (χ3n) is 5.69. The number of benzene rings is 2. The molecule has 0 bridgehead atoms. The van der Waals surface area contributed by atoms with E-state index < -0.39 is 5.60 Å². The van der Waals surface area contributed by atoms with Gasteiger partial charge in [0.15, 0.2) is 0 Å². The van der Waals surface area contributed by atoms with E-state index >= 15 is 0 Å². The molecule has 7 heteroatoms. The molecule has 2 aliphatic heterocycles. The molecular formula is C25H29N3O4. The van der Waals surface area contributed by atoms with Crippen LogP contribution in [0.3, 0.4) is 0 Å². The number of nitrogens with zero attached hydrogens (tertiary/aromatic N) is 2. The topological polar surface area (TPSA) is 79.0 Å². The summed E-state index contributed by atoms with van der Waals surface area (Å²) in [6, 6.07) is 14.2. The third-order valence-corrected chi connectivity index (χ3v) is 5.69. The fourth-order valence-corrected chi connectivity index (χ4v) is 4.14. The number of ether oxygens (including phenoxy) is 1. The summed E-state index contributed by atoms with van der Waals surface area (Å²) in [5, 5.41) is 3.41. The highest BCUT2D eigenvalue weighted by Crippen LogP contribution is 2.29. The van der Waals surface area contributed by atoms with Crippen LogP contribution in [0.4, 0.5) is 16.2 Å². The summed E-state index contributed by atoms with van der Waals surface area (Å²) < 4.78 is 5.50. The van der Waals surface area contributed by atoms with Gasteiger partial charge in [-0.2, -0.15) is 0 Å². The smallest absolute Gasteiger partial charge is 0.410 e. The minimum Gasteiger partial charge on any atom is -0.444 e. The average molecular weight is 436 g/mol. The molecule has 0 spiro atoms. The second-order valence-electron chi connectivity index (χ2n) is 9.35. The first-order valence-corrected chi connectivity index (χ1v) is 11.0. The zero-order valence-electron chi connectivity index (χ0n) is 18.8. The molecule has 1 unspecified atom stereocenters. The van der Waals surface area contributed by atoms with Gasteiger partial charge in [-0.25, -0.2) is 9.69 Å². The highest BCUT2D eigenvalue weighted by Gasteiger charge is 2.36. The molecule has 4 rings (SSSR count). The molecule has 2 aromatic rings. The van der Waals surface area contributed by atoms with Crippen molar-refractivity contribution in [3.8, 4) is 0 Å². The van der Waals surface area contributed by atoms with E-state index in [1.807, 2.05) is 32.9 Å². The first kappa shape index (κ1) is 21.9. The Labute approximate surface area is 188 Å². The summed E-state index contributed by atoms with van der Waals surface area (Å²) in [7, 11) is 0. The number of likely N-dealkylation sites (tertiary alicyclic amines) is 1. The van der Waals surface area contributed by atoms with Crippen molar-refractivity contribution in [1.29, 1.82) is 0 Å². The lowest BCUT2D eigenvalue weighted by Gasteiger charge is -2.34. The number of anilines is 2. The quantitative estimate of drug-likeness (QED) is 0.713. The van der Waals surface area contributed by atoms with Crippen LogP contribution in [-0.2, 0) is 4.74 Å². The fraction of sp³-hybridized carbons (Fsp3) is 0.400. The highest BCUT2D eigenvalue weighted by molar-refractivity contribution is 6.34. The van der Waals surface area contributed by atoms with Gasteiger partial charge in [-0.1, -0.05) is 12.1 Å². The van der Waals surface area contributed by atoms with E-state index in [4.69, 9.17) is 4.74 Å². The number of fused-ring (bicyclic) bond motifs is 1. The zero-order valence-corrected chi connectivity index (χ0v) is 18.8. The van der Waals surface area contributed by atoms with Crippen LogP contribution < -0.4 is 10.2 Å². The SMILES string of the molecule is CC(C)(C)OC(=O)N1CCCC(CNc2ccc(N3C(=O)c4ccccc4C3=O)cc2)C1. The molecule has 0 aliphatic carbocycles. The molecule has 2 heterocycles. The Morgan fingerprint density at radius 1 is 1.03 bits per heavy atom. The Hall–Kier alpha value is -3.35. The van der Waals surface area contributed by atoms with Crippen LogP contribution in [0.2, 0.25) is 0 Å². The standard InChI is InChI=1S/C25H29N3O4/c1-25(2,3)32-24(31)27-14-6-7-17(16-27)15-26-18-10-12-19(13-11-18)28-22(29)20-8-4-5-9-21(20)23(28)30/h4-5,8-13,17,26H,6-7,14-16H2,1-3H3. The molecule has 168 valence electrons. The monoisotopic (exact) mass is 435 g/mol. The molecular weight excluding hydrogens is 406 g/mol. The van der Waals surface area contributed by atoms with Gasteiger partial charge in [0.25, 0.3) is 11.8 Å². The summed E-state index contributed by atoms with van der Waals surface area (Å²) in [6.45, 7) is 7.74. The van der Waals surface area contributed by atoms with E-state index in [0.717, 1.165) is 31.6 Å². The number of hydrogen-bond acceptors (Lipinski definition) is 5. The number of piperidine rings is 1. The maximum Gasteiger partial charge on any atom is 0.410 e. The second-order valence-corrected chi connectivity index (χ2v) is 9.35. The largest absolute Gasteiger partial charge is 0.444 e. The Morgan fingerprint density at radius 3 is 2.25 bits per heavy atom. The maximum absolute atomic E-state index is 12.6. The van der Waals surface area contributed by atoms with Crippen LogP contribution in [0.1, 0.15) is 54.3 Å². The first-order chi connectivity index (χ1) is 15.2. The Balaban J connectivity index is 1.34. The molecule has 1 fully saturated rings. The highest BCUT2D eigenvalue weighted by atomic mass is 16.6. The van der Waals surface area contributed by atoms with Gasteiger partial charge in [0, 0.05) is 25.3 Å². The predicted molar refractivity (Wildman–Crippen MR) is 123 cm³/mol. The molecule has 1 N–H and O–H groups in total. The number of imide groups is 1. The van der Waals surface area contributed by atoms with Crippen molar-refractivity contribution in [1.82, 2.24) is 4.90 Å². The third kappa shape index (κ3) is 4.61. The van der Waals surface area contributed by atoms with Gasteiger partial charge in [0.2, 0.25) is 0 Å². The first-order valence-electron chi connectivity index (χ1n) is 11.0. The summed E-state index contributed by atoms with van der Waals surface area (Å²) in [5.74, 6) is -0.265. The minimum absolute atomic E-state index is 0.257. The van der Waals surface area contributed by atoms with E-state index in [-0.39, 0.29) is 17.9 Å². The van der Waals surface area contributed by atoms with Gasteiger partial charge < -0.3 is 15.0 Å². The normalized spacial score (nSPS) is 18.5. The van der Waals surface area contributed by atoms with E-state index in [0.29, 0.717) is 29.3 Å². The molecule has 3 amide bonds. The van der Waals surface area contributed by atoms with Crippen LogP contribution in [-0.4, -0.2) is 48.0 Å². The molecule has 0 aromatic heterocycles. The molecule has 2 aromatic carbocycles. The second kappa shape index (κ2) is 8.65. The number of carbonyl (C=O) groups excluding carboxylic acids is 3. The number of carbonyl (C=O) groups is 3. The van der Waals surface area contributed by atoms with Crippen molar-refractivity contribution in [3.63, 3.8) is 0 Å². The predicted octanol–water partition coefficient (Wildman–Crippen LogP) is 4.55. The van der Waals surface area contributed by atoms with Crippen molar-refractivity contribution in [3.05, 3.63) is 59.7 Å². The Kier molecular flexibility index (Phi) is 5.91. The molecule has 1 atom stereocenters. The van der Waals surface area contributed by atoms with E-state index in [1.54, 1.807) is 41.3 Å². The fourth-order valence-electron chi connectivity index (χ4n) is 4.14. The number of rotatable bonds is 4. The van der Waals surface area contributed by atoms with Gasteiger partial charge in [0.05, 0.1) is 16.8 Å². The van der Waals surface area contributed by atoms with Crippen LogP contribution in [0.25, 0.3) is 0 Å². The summed E-state index contributed by atoms with van der Waals surface area (Å²) >= 11 is 0. The summed E-state index contributed by atoms with van der Waals surface area (Å²) in [5.41, 5.74) is 1.83. The molecule has 7 nitrogen and oxygen atoms in total. The van der Waals surface area contributed by atoms with Crippen molar-refractivity contribution >= 4 is 29.3 Å². The minimum atomic E-state index is -0.497. The van der Waals surface area contributed by atoms with Crippen molar-refractivity contribution < 1.29 is 19.1 Å². The van der Waals surface area contributed by atoms with Crippen molar-refractivity contribution in [2.75, 3.05) is 29.9 Å². The number of hydrogen-bond donors (Lipinski definition) is 1. The Bertz CT molecular complexity index is 991. The van der Waals surface area contributed by atoms with Gasteiger partial charge >= 0.3 is 6.09 Å². The van der Waals surface area contributed by atoms with Crippen LogP contribution in [0.5, 0.6) is 0 Å². The average Bonchev–Trinajstić information content (AvgIpc) is 3.02. The molecule has 2 aliphatic rings. The lowest BCUT2D eigenvalue weighted by atomic mass is 9.98. The number of amides is 3. The summed E-state index contributed by atoms with van der Waals surface area (Å²) in [4.78, 5) is 40.6. The van der Waals surface area contributed by atoms with Gasteiger partial charge in [-0.3, -0.25) is 9.59 Å². The van der Waals surface area contributed by atoms with Gasteiger partial charge in [-0.05, 0) is 75.9 Å². The molecule has 32 heavy (non-hydrogen) atoms. The van der Waals surface area contributed by atoms with Crippen LogP contribution >= 0.6 is 0 Å². The number of nitrogens with one attached hydrogen (secondary N) is 1. The van der Waals surface area contributed by atoms with Crippen molar-refractivity contribution in [2.24, 2.45) is 5.92 Å². The molecule has 0 radical (unpaired) electrons. The molecule has 1 saturated heterocycles. The lowest BCUT2D eigenvalue weighted by molar-refractivity contribution is 0.0172. The lowest BCUT2D eigenvalue weighted by Crippen LogP contribution is -2.44. The van der Waals surface area contributed by atoms with E-state index in [1.165, 1.54) is 4.90 Å². The van der Waals surface area contributed by atoms with Gasteiger partial charge in [0.1, 0.15) is 5.60 Å². The Morgan fingerprint density at radius 2 is 1.66 bits per heavy atom.